The largest absolute Gasteiger partial charge is 0.472 e. The van der Waals surface area contributed by atoms with Crippen LogP contribution >= 0.6 is 7.82 Å². The second-order valence-corrected chi connectivity index (χ2v) is 23.5. The molecule has 0 saturated heterocycles. The maximum atomic E-state index is 13.0. The monoisotopic (exact) mass is 1020 g/mol. The minimum atomic E-state index is -4.36. The van der Waals surface area contributed by atoms with Gasteiger partial charge in [0.05, 0.1) is 39.9 Å². The van der Waals surface area contributed by atoms with Crippen LogP contribution in [0, 0.1) is 0 Å². The molecule has 3 unspecified atom stereocenters. The highest BCUT2D eigenvalue weighted by Crippen LogP contribution is 2.43. The third-order valence-corrected chi connectivity index (χ3v) is 14.7. The number of aliphatic hydroxyl groups excluding tert-OH is 1. The van der Waals surface area contributed by atoms with E-state index >= 15 is 0 Å². The number of rotatable bonds is 56. The molecule has 3 N–H and O–H groups in total. The number of allylic oxidation sites excluding steroid dienone is 7. The van der Waals surface area contributed by atoms with Gasteiger partial charge in [-0.05, 0) is 70.6 Å². The fourth-order valence-corrected chi connectivity index (χ4v) is 9.69. The molecule has 0 aliphatic carbocycles. The Bertz CT molecular complexity index is 1290. The molecule has 0 saturated carbocycles. The molecule has 1 amide bonds. The van der Waals surface area contributed by atoms with Gasteiger partial charge in [0, 0.05) is 6.42 Å². The van der Waals surface area contributed by atoms with Gasteiger partial charge in [0.15, 0.2) is 0 Å². The van der Waals surface area contributed by atoms with Gasteiger partial charge in [-0.1, -0.05) is 262 Å². The van der Waals surface area contributed by atoms with Crippen molar-refractivity contribution in [2.45, 2.75) is 302 Å². The summed E-state index contributed by atoms with van der Waals surface area (Å²) in [6, 6.07) is -0.873. The molecule has 9 heteroatoms. The number of quaternary nitrogens is 1. The van der Waals surface area contributed by atoms with Gasteiger partial charge in [-0.2, -0.15) is 0 Å². The summed E-state index contributed by atoms with van der Waals surface area (Å²) in [4.78, 5) is 23.3. The van der Waals surface area contributed by atoms with Gasteiger partial charge in [-0.25, -0.2) is 4.57 Å². The highest BCUT2D eigenvalue weighted by molar-refractivity contribution is 7.47. The summed E-state index contributed by atoms with van der Waals surface area (Å²) in [5.41, 5.74) is 0. The zero-order chi connectivity index (χ0) is 52.0. The van der Waals surface area contributed by atoms with Crippen LogP contribution in [-0.2, 0) is 18.4 Å². The van der Waals surface area contributed by atoms with E-state index in [9.17, 15) is 19.4 Å². The Morgan fingerprint density at radius 3 is 1.13 bits per heavy atom. The average molecular weight is 1020 g/mol. The third-order valence-electron chi connectivity index (χ3n) is 13.7. The van der Waals surface area contributed by atoms with Crippen LogP contribution in [0.1, 0.15) is 290 Å². The highest BCUT2D eigenvalue weighted by atomic mass is 31.2. The Morgan fingerprint density at radius 2 is 0.775 bits per heavy atom. The predicted molar refractivity (Wildman–Crippen MR) is 309 cm³/mol. The number of hydrogen-bond acceptors (Lipinski definition) is 5. The lowest BCUT2D eigenvalue weighted by atomic mass is 10.0. The fraction of sp³-hybridized carbons (Fsp3) is 0.855. The first-order valence-electron chi connectivity index (χ1n) is 30.5. The summed E-state index contributed by atoms with van der Waals surface area (Å²) in [7, 11) is 1.55. The lowest BCUT2D eigenvalue weighted by Crippen LogP contribution is -2.45. The number of phosphoric acid groups is 1. The van der Waals surface area contributed by atoms with Gasteiger partial charge in [0.2, 0.25) is 5.91 Å². The Balaban J connectivity index is 4.25. The topological polar surface area (TPSA) is 105 Å². The van der Waals surface area contributed by atoms with E-state index in [0.29, 0.717) is 17.4 Å². The molecule has 0 aromatic heterocycles. The molecule has 71 heavy (non-hydrogen) atoms. The van der Waals surface area contributed by atoms with Crippen LogP contribution in [0.5, 0.6) is 0 Å². The number of carbonyl (C=O) groups excluding carboxylic acids is 1. The average Bonchev–Trinajstić information content (AvgIpc) is 3.33. The van der Waals surface area contributed by atoms with Crippen molar-refractivity contribution in [1.29, 1.82) is 0 Å². The fourth-order valence-electron chi connectivity index (χ4n) is 8.95. The Labute approximate surface area is 441 Å². The molecule has 418 valence electrons. The lowest BCUT2D eigenvalue weighted by Gasteiger charge is -2.25. The van der Waals surface area contributed by atoms with Gasteiger partial charge in [0.25, 0.3) is 0 Å². The van der Waals surface area contributed by atoms with Crippen LogP contribution < -0.4 is 5.32 Å². The molecule has 0 aromatic carbocycles. The number of nitrogens with one attached hydrogen (secondary N) is 1. The molecule has 8 nitrogen and oxygen atoms in total. The Kier molecular flexibility index (Phi) is 52.1. The van der Waals surface area contributed by atoms with E-state index in [0.717, 1.165) is 44.9 Å². The SMILES string of the molecule is CCCCCCCCCCCCCC/C=C\CCCCCCCCCCC(=O)NC(COP(=O)(O)OCC[N+](C)(C)C)C(O)/C=C/CC/C=C/CC/C=C/CCCCCCCCCCCCCCCCC. The lowest BCUT2D eigenvalue weighted by molar-refractivity contribution is -0.870. The number of likely N-dealkylation sites (N-methyl/N-ethyl adjacent to an activating group) is 1. The van der Waals surface area contributed by atoms with Crippen molar-refractivity contribution < 1.29 is 32.9 Å². The van der Waals surface area contributed by atoms with Crippen LogP contribution in [0.25, 0.3) is 0 Å². The first-order valence-corrected chi connectivity index (χ1v) is 32.0. The molecule has 0 bridgehead atoms. The van der Waals surface area contributed by atoms with Crippen molar-refractivity contribution >= 4 is 13.7 Å². The normalized spacial score (nSPS) is 14.2. The first-order chi connectivity index (χ1) is 34.5. The minimum absolute atomic E-state index is 0.0526. The van der Waals surface area contributed by atoms with Crippen molar-refractivity contribution in [2.24, 2.45) is 0 Å². The number of phosphoric ester groups is 1. The van der Waals surface area contributed by atoms with E-state index in [4.69, 9.17) is 9.05 Å². The Morgan fingerprint density at radius 1 is 0.465 bits per heavy atom. The maximum Gasteiger partial charge on any atom is 0.472 e. The van der Waals surface area contributed by atoms with Gasteiger partial charge in [-0.15, -0.1) is 0 Å². The van der Waals surface area contributed by atoms with Gasteiger partial charge >= 0.3 is 7.82 Å². The van der Waals surface area contributed by atoms with E-state index in [2.05, 4.69) is 55.6 Å². The van der Waals surface area contributed by atoms with Gasteiger partial charge < -0.3 is 19.8 Å². The molecule has 0 rings (SSSR count). The molecule has 3 atom stereocenters. The molecule has 0 aliphatic heterocycles. The number of amides is 1. The molecule has 0 aliphatic rings. The zero-order valence-electron chi connectivity index (χ0n) is 47.7. The molecule has 0 spiro atoms. The predicted octanol–water partition coefficient (Wildman–Crippen LogP) is 18.7. The maximum absolute atomic E-state index is 13.0. The van der Waals surface area contributed by atoms with Gasteiger partial charge in [0.1, 0.15) is 13.2 Å². The molecule has 0 radical (unpaired) electrons. The smallest absolute Gasteiger partial charge is 0.387 e. The molecular formula is C62H120N2O6P+. The zero-order valence-corrected chi connectivity index (χ0v) is 48.6. The van der Waals surface area contributed by atoms with Crippen LogP contribution in [0.3, 0.4) is 0 Å². The van der Waals surface area contributed by atoms with E-state index in [1.807, 2.05) is 27.2 Å². The van der Waals surface area contributed by atoms with Crippen molar-refractivity contribution in [1.82, 2.24) is 5.32 Å². The number of aliphatic hydroxyl groups is 1. The summed E-state index contributed by atoms with van der Waals surface area (Å²) in [6.45, 7) is 4.82. The van der Waals surface area contributed by atoms with E-state index in [1.54, 1.807) is 6.08 Å². The summed E-state index contributed by atoms with van der Waals surface area (Å²) >= 11 is 0. The summed E-state index contributed by atoms with van der Waals surface area (Å²) in [6.07, 6.45) is 70.9. The second-order valence-electron chi connectivity index (χ2n) is 22.1. The van der Waals surface area contributed by atoms with E-state index in [-0.39, 0.29) is 19.1 Å². The summed E-state index contributed by atoms with van der Waals surface area (Å²) < 4.78 is 23.7. The van der Waals surface area contributed by atoms with E-state index in [1.165, 1.54) is 225 Å². The summed E-state index contributed by atoms with van der Waals surface area (Å²) in [5, 5.41) is 13.9. The molecule has 0 fully saturated rings. The van der Waals surface area contributed by atoms with Crippen LogP contribution in [0.2, 0.25) is 0 Å². The molecule has 0 aromatic rings. The number of unbranched alkanes of at least 4 members (excludes halogenated alkanes) is 37. The number of hydrogen-bond donors (Lipinski definition) is 3. The minimum Gasteiger partial charge on any atom is -0.387 e. The van der Waals surface area contributed by atoms with Crippen LogP contribution in [0.4, 0.5) is 0 Å². The van der Waals surface area contributed by atoms with Gasteiger partial charge in [-0.3, -0.25) is 13.8 Å². The Hall–Kier alpha value is -1.54. The number of nitrogens with zero attached hydrogens (tertiary/aromatic N) is 1. The number of carbonyl (C=O) groups is 1. The third kappa shape index (κ3) is 56.0. The summed E-state index contributed by atoms with van der Waals surface area (Å²) in [5.74, 6) is -0.191. The first kappa shape index (κ1) is 69.5. The standard InChI is InChI=1S/C62H119N2O6P/c1-6-8-10-12-14-16-18-20-22-24-26-28-30-32-33-35-37-39-41-43-45-47-49-51-53-55-61(65)60(59-70-71(67,68)69-58-57-64(3,4)5)63-62(66)56-54-52-50-48-46-44-42-40-38-36-34-31-29-27-25-23-21-19-17-15-13-11-9-7-2/h34,36-37,39,45,47,53,55,60-61,65H,6-33,35,38,40-44,46,48-52,54,56-59H2,1-5H3,(H-,63,66,67,68)/p+1/b36-34-,39-37+,47-45+,55-53+. The van der Waals surface area contributed by atoms with Crippen molar-refractivity contribution in [3.8, 4) is 0 Å². The molecular weight excluding hydrogens is 900 g/mol. The highest BCUT2D eigenvalue weighted by Gasteiger charge is 2.27. The van der Waals surface area contributed by atoms with Crippen molar-refractivity contribution in [2.75, 3.05) is 40.9 Å². The second kappa shape index (κ2) is 53.3. The quantitative estimate of drug-likeness (QED) is 0.0243. The van der Waals surface area contributed by atoms with E-state index < -0.39 is 20.0 Å². The van der Waals surface area contributed by atoms with Crippen LogP contribution in [0.15, 0.2) is 48.6 Å². The van der Waals surface area contributed by atoms with Crippen LogP contribution in [-0.4, -0.2) is 73.4 Å². The molecule has 0 heterocycles. The van der Waals surface area contributed by atoms with Crippen molar-refractivity contribution in [3.63, 3.8) is 0 Å². The van der Waals surface area contributed by atoms with Crippen molar-refractivity contribution in [3.05, 3.63) is 48.6 Å².